The Morgan fingerprint density at radius 2 is 2.16 bits per heavy atom. The van der Waals surface area contributed by atoms with Crippen LogP contribution in [0.1, 0.15) is 27.1 Å². The first kappa shape index (κ1) is 13.8. The Morgan fingerprint density at radius 1 is 1.47 bits per heavy atom. The number of carbonyl (C=O) groups excluding carboxylic acids is 2. The Bertz CT molecular complexity index is 482. The number of amides is 1. The smallest absolute Gasteiger partial charge is 0.352 e. The Balaban J connectivity index is 2.16. The van der Waals surface area contributed by atoms with E-state index in [1.807, 2.05) is 0 Å². The zero-order valence-electron chi connectivity index (χ0n) is 10.5. The Morgan fingerprint density at radius 3 is 2.79 bits per heavy atom. The summed E-state index contributed by atoms with van der Waals surface area (Å²) in [6, 6.07) is 0. The molecule has 1 aliphatic heterocycles. The van der Waals surface area contributed by atoms with Gasteiger partial charge in [0, 0.05) is 13.1 Å². The molecule has 0 bridgehead atoms. The number of hydrogen-bond donors (Lipinski definition) is 1. The van der Waals surface area contributed by atoms with Gasteiger partial charge in [0.05, 0.1) is 25.5 Å². The summed E-state index contributed by atoms with van der Waals surface area (Å²) in [5.41, 5.74) is 6.03. The molecule has 2 N–H and O–H groups in total. The molecule has 1 fully saturated rings. The summed E-state index contributed by atoms with van der Waals surface area (Å²) in [5, 5.41) is 0. The molecule has 19 heavy (non-hydrogen) atoms. The van der Waals surface area contributed by atoms with Crippen molar-refractivity contribution < 1.29 is 19.1 Å². The largest absolute Gasteiger partial charge is 0.462 e. The monoisotopic (exact) mass is 285 g/mol. The van der Waals surface area contributed by atoms with E-state index in [1.165, 1.54) is 0 Å². The highest BCUT2D eigenvalue weighted by atomic mass is 32.1. The summed E-state index contributed by atoms with van der Waals surface area (Å²) in [6.45, 7) is 3.97. The molecule has 0 atom stereocenters. The van der Waals surface area contributed by atoms with E-state index >= 15 is 0 Å². The van der Waals surface area contributed by atoms with Crippen LogP contribution < -0.4 is 5.73 Å². The number of nitrogens with two attached hydrogens (primary N) is 1. The van der Waals surface area contributed by atoms with Crippen LogP contribution in [0.2, 0.25) is 0 Å². The number of anilines is 1. The van der Waals surface area contributed by atoms with Crippen molar-refractivity contribution in [2.24, 2.45) is 0 Å². The summed E-state index contributed by atoms with van der Waals surface area (Å²) >= 11 is 0.888. The molecule has 104 valence electrons. The van der Waals surface area contributed by atoms with Crippen LogP contribution in [0.5, 0.6) is 0 Å². The highest BCUT2D eigenvalue weighted by Crippen LogP contribution is 2.24. The van der Waals surface area contributed by atoms with Crippen molar-refractivity contribution in [3.05, 3.63) is 10.6 Å². The van der Waals surface area contributed by atoms with E-state index in [0.29, 0.717) is 26.3 Å². The van der Waals surface area contributed by atoms with Gasteiger partial charge in [-0.1, -0.05) is 0 Å². The third kappa shape index (κ3) is 2.85. The average Bonchev–Trinajstić information content (AvgIpc) is 2.81. The number of rotatable bonds is 3. The molecule has 8 heteroatoms. The molecule has 0 spiro atoms. The number of nitrogen functional groups attached to an aromatic ring is 1. The van der Waals surface area contributed by atoms with Gasteiger partial charge in [-0.25, -0.2) is 4.79 Å². The molecule has 0 saturated carbocycles. The van der Waals surface area contributed by atoms with Crippen LogP contribution in [0.15, 0.2) is 0 Å². The number of aromatic nitrogens is 1. The van der Waals surface area contributed by atoms with E-state index in [-0.39, 0.29) is 28.8 Å². The molecule has 2 rings (SSSR count). The van der Waals surface area contributed by atoms with Crippen LogP contribution in [0, 0.1) is 0 Å². The van der Waals surface area contributed by atoms with Crippen LogP contribution in [0.25, 0.3) is 0 Å². The first-order chi connectivity index (χ1) is 9.15. The lowest BCUT2D eigenvalue weighted by molar-refractivity contribution is 0.0300. The average molecular weight is 285 g/mol. The van der Waals surface area contributed by atoms with Crippen molar-refractivity contribution in [1.82, 2.24) is 9.27 Å². The molecule has 0 aliphatic carbocycles. The third-order valence-corrected chi connectivity index (χ3v) is 3.53. The SMILES string of the molecule is CCOC(=O)c1snc(C(=O)N2CCOCC2)c1N. The predicted octanol–water partition coefficient (Wildman–Crippen LogP) is 0.374. The molecule has 2 heterocycles. The first-order valence-electron chi connectivity index (χ1n) is 5.94. The third-order valence-electron chi connectivity index (χ3n) is 2.69. The Kier molecular flexibility index (Phi) is 4.33. The minimum atomic E-state index is -0.543. The van der Waals surface area contributed by atoms with Gasteiger partial charge in [-0.3, -0.25) is 4.79 Å². The molecule has 7 nitrogen and oxygen atoms in total. The van der Waals surface area contributed by atoms with Crippen LogP contribution in [0.4, 0.5) is 5.69 Å². The molecule has 1 amide bonds. The lowest BCUT2D eigenvalue weighted by Crippen LogP contribution is -2.41. The number of morpholine rings is 1. The highest BCUT2D eigenvalue weighted by molar-refractivity contribution is 7.08. The van der Waals surface area contributed by atoms with Crippen molar-refractivity contribution in [3.63, 3.8) is 0 Å². The maximum Gasteiger partial charge on any atom is 0.352 e. The first-order valence-corrected chi connectivity index (χ1v) is 6.71. The zero-order chi connectivity index (χ0) is 13.8. The second-order valence-electron chi connectivity index (χ2n) is 3.90. The summed E-state index contributed by atoms with van der Waals surface area (Å²) in [5.74, 6) is -0.814. The number of ether oxygens (including phenoxy) is 2. The highest BCUT2D eigenvalue weighted by Gasteiger charge is 2.27. The van der Waals surface area contributed by atoms with Crippen LogP contribution in [-0.4, -0.2) is 54.1 Å². The fraction of sp³-hybridized carbons (Fsp3) is 0.545. The van der Waals surface area contributed by atoms with E-state index in [4.69, 9.17) is 15.2 Å². The van der Waals surface area contributed by atoms with Gasteiger partial charge in [-0.05, 0) is 18.5 Å². The summed E-state index contributed by atoms with van der Waals surface area (Å²) < 4.78 is 14.0. The maximum atomic E-state index is 12.2. The zero-order valence-corrected chi connectivity index (χ0v) is 11.4. The number of hydrogen-bond acceptors (Lipinski definition) is 7. The number of esters is 1. The molecule has 1 aliphatic rings. The minimum absolute atomic E-state index is 0.0972. The van der Waals surface area contributed by atoms with Gasteiger partial charge >= 0.3 is 5.97 Å². The van der Waals surface area contributed by atoms with Gasteiger partial charge in [-0.15, -0.1) is 0 Å². The fourth-order valence-corrected chi connectivity index (χ4v) is 2.40. The van der Waals surface area contributed by atoms with Gasteiger partial charge in [0.1, 0.15) is 0 Å². The number of carbonyl (C=O) groups is 2. The van der Waals surface area contributed by atoms with Crippen LogP contribution in [0.3, 0.4) is 0 Å². The van der Waals surface area contributed by atoms with Crippen molar-refractivity contribution >= 4 is 29.1 Å². The normalized spacial score (nSPS) is 15.3. The van der Waals surface area contributed by atoms with Gasteiger partial charge in [0.25, 0.3) is 5.91 Å². The van der Waals surface area contributed by atoms with Gasteiger partial charge < -0.3 is 20.1 Å². The van der Waals surface area contributed by atoms with Crippen LogP contribution in [-0.2, 0) is 9.47 Å². The fourth-order valence-electron chi connectivity index (χ4n) is 1.71. The summed E-state index contributed by atoms with van der Waals surface area (Å²) in [4.78, 5) is 25.6. The molecular formula is C11H15N3O4S. The topological polar surface area (TPSA) is 94.8 Å². The lowest BCUT2D eigenvalue weighted by Gasteiger charge is -2.26. The summed E-state index contributed by atoms with van der Waals surface area (Å²) in [6.07, 6.45) is 0. The van der Waals surface area contributed by atoms with E-state index in [0.717, 1.165) is 11.5 Å². The maximum absolute atomic E-state index is 12.2. The molecule has 1 aromatic rings. The van der Waals surface area contributed by atoms with E-state index < -0.39 is 5.97 Å². The van der Waals surface area contributed by atoms with E-state index in [9.17, 15) is 9.59 Å². The lowest BCUT2D eigenvalue weighted by atomic mass is 10.2. The van der Waals surface area contributed by atoms with Crippen molar-refractivity contribution in [1.29, 1.82) is 0 Å². The second kappa shape index (κ2) is 5.98. The molecule has 1 saturated heterocycles. The predicted molar refractivity (Wildman–Crippen MR) is 69.2 cm³/mol. The summed E-state index contributed by atoms with van der Waals surface area (Å²) in [7, 11) is 0. The van der Waals surface area contributed by atoms with E-state index in [2.05, 4.69) is 4.37 Å². The van der Waals surface area contributed by atoms with Gasteiger partial charge in [-0.2, -0.15) is 4.37 Å². The van der Waals surface area contributed by atoms with Crippen molar-refractivity contribution in [3.8, 4) is 0 Å². The van der Waals surface area contributed by atoms with Crippen LogP contribution >= 0.6 is 11.5 Å². The quantitative estimate of drug-likeness (QED) is 0.806. The Hall–Kier alpha value is -1.67. The molecule has 0 aromatic carbocycles. The molecule has 0 radical (unpaired) electrons. The van der Waals surface area contributed by atoms with Gasteiger partial charge in [0.2, 0.25) is 0 Å². The van der Waals surface area contributed by atoms with Crippen molar-refractivity contribution in [2.75, 3.05) is 38.6 Å². The molecular weight excluding hydrogens is 270 g/mol. The minimum Gasteiger partial charge on any atom is -0.462 e. The van der Waals surface area contributed by atoms with Gasteiger partial charge in [0.15, 0.2) is 10.6 Å². The van der Waals surface area contributed by atoms with E-state index in [1.54, 1.807) is 11.8 Å². The standard InChI is InChI=1S/C11H15N3O4S/c1-2-18-11(16)9-7(12)8(13-19-9)10(15)14-3-5-17-6-4-14/h2-6,12H2,1H3. The number of nitrogens with zero attached hydrogens (tertiary/aromatic N) is 2. The second-order valence-corrected chi connectivity index (χ2v) is 4.67. The molecule has 0 unspecified atom stereocenters. The van der Waals surface area contributed by atoms with Crippen molar-refractivity contribution in [2.45, 2.75) is 6.92 Å². The Labute approximate surface area is 114 Å². The molecule has 1 aromatic heterocycles.